The molecular weight excluding hydrogens is 664 g/mol. The van der Waals surface area contributed by atoms with Crippen LogP contribution in [-0.4, -0.2) is 59.3 Å². The number of carbonyl (C=O) groups is 1. The van der Waals surface area contributed by atoms with Gasteiger partial charge in [-0.2, -0.15) is 0 Å². The van der Waals surface area contributed by atoms with Gasteiger partial charge >= 0.3 is 0 Å². The van der Waals surface area contributed by atoms with E-state index < -0.39 is 5.91 Å². The monoisotopic (exact) mass is 696 g/mol. The van der Waals surface area contributed by atoms with Gasteiger partial charge in [-0.3, -0.25) is 23.6 Å². The van der Waals surface area contributed by atoms with Crippen LogP contribution in [0, 0.1) is 6.57 Å². The Balaban J connectivity index is 0.000000175. The number of rotatable bonds is 9. The van der Waals surface area contributed by atoms with Gasteiger partial charge in [0.05, 0.1) is 37.4 Å². The fraction of sp³-hybridized carbons (Fsp3) is 0.135. The predicted molar refractivity (Wildman–Crippen MR) is 193 cm³/mol. The molecule has 8 rings (SSSR count). The van der Waals surface area contributed by atoms with Crippen LogP contribution >= 0.6 is 0 Å². The average molecular weight is 697 g/mol. The Morgan fingerprint density at radius 3 is 1.73 bits per heavy atom. The van der Waals surface area contributed by atoms with E-state index in [2.05, 4.69) is 35.2 Å². The van der Waals surface area contributed by atoms with E-state index in [4.69, 9.17) is 31.3 Å². The van der Waals surface area contributed by atoms with Crippen molar-refractivity contribution >= 4 is 44.7 Å². The summed E-state index contributed by atoms with van der Waals surface area (Å²) in [5, 5.41) is 18.2. The fourth-order valence-corrected chi connectivity index (χ4v) is 5.27. The van der Waals surface area contributed by atoms with Crippen molar-refractivity contribution in [3.8, 4) is 23.0 Å². The average Bonchev–Trinajstić information content (AvgIpc) is 3.78. The van der Waals surface area contributed by atoms with E-state index in [0.29, 0.717) is 45.7 Å². The van der Waals surface area contributed by atoms with Crippen LogP contribution in [0.1, 0.15) is 29.4 Å². The van der Waals surface area contributed by atoms with Crippen molar-refractivity contribution in [1.29, 1.82) is 0 Å². The Morgan fingerprint density at radius 2 is 1.23 bits per heavy atom. The summed E-state index contributed by atoms with van der Waals surface area (Å²) >= 11 is 0. The zero-order valence-electron chi connectivity index (χ0n) is 27.3. The predicted octanol–water partition coefficient (Wildman–Crippen LogP) is 6.02. The lowest BCUT2D eigenvalue weighted by molar-refractivity contribution is 0.1000. The first-order valence-electron chi connectivity index (χ1n) is 15.4. The third-order valence-corrected chi connectivity index (χ3v) is 7.88. The lowest BCUT2D eigenvalue weighted by atomic mass is 10.2. The third-order valence-electron chi connectivity index (χ3n) is 7.88. The van der Waals surface area contributed by atoms with Crippen LogP contribution in [0.5, 0.6) is 23.0 Å². The number of ether oxygens (including phenoxy) is 4. The summed E-state index contributed by atoms with van der Waals surface area (Å²) in [6.07, 6.45) is 6.67. The molecule has 0 saturated carbocycles. The first kappa shape index (κ1) is 34.5. The van der Waals surface area contributed by atoms with Crippen LogP contribution < -0.4 is 24.7 Å². The highest BCUT2D eigenvalue weighted by atomic mass is 16.5. The number of fused-ring (bicyclic) bond motifs is 4. The highest BCUT2D eigenvalue weighted by molar-refractivity contribution is 5.92. The molecule has 2 aromatic carbocycles. The van der Waals surface area contributed by atoms with Crippen LogP contribution in [0.2, 0.25) is 0 Å². The van der Waals surface area contributed by atoms with Crippen molar-refractivity contribution < 1.29 is 23.7 Å². The van der Waals surface area contributed by atoms with E-state index in [1.165, 1.54) is 0 Å². The molecule has 260 valence electrons. The number of nitrogens with zero attached hydrogens (tertiary/aromatic N) is 9. The Labute approximate surface area is 297 Å². The van der Waals surface area contributed by atoms with Crippen molar-refractivity contribution in [1.82, 2.24) is 39.2 Å². The molecule has 0 saturated heterocycles. The molecule has 1 amide bonds. The maximum Gasteiger partial charge on any atom is 0.250 e. The fourth-order valence-electron chi connectivity index (χ4n) is 5.27. The zero-order valence-corrected chi connectivity index (χ0v) is 27.3. The molecule has 0 aliphatic rings. The molecule has 52 heavy (non-hydrogen) atoms. The molecule has 15 nitrogen and oxygen atoms in total. The molecule has 0 unspecified atom stereocenters. The van der Waals surface area contributed by atoms with E-state index in [0.717, 1.165) is 33.3 Å². The summed E-state index contributed by atoms with van der Waals surface area (Å²) in [5.74, 6) is 3.50. The van der Waals surface area contributed by atoms with Crippen molar-refractivity contribution in [3.05, 3.63) is 126 Å². The van der Waals surface area contributed by atoms with Gasteiger partial charge < -0.3 is 24.7 Å². The van der Waals surface area contributed by atoms with Crippen LogP contribution in [0.4, 0.5) is 5.69 Å². The van der Waals surface area contributed by atoms with E-state index in [1.54, 1.807) is 78.1 Å². The number of nitrogens with two attached hydrogens (primary N) is 1. The maximum absolute atomic E-state index is 11.4. The van der Waals surface area contributed by atoms with Gasteiger partial charge in [-0.15, -0.1) is 20.4 Å². The second-order valence-electron chi connectivity index (χ2n) is 10.9. The number of hydrogen-bond donors (Lipinski definition) is 1. The Hall–Kier alpha value is -7.34. The molecule has 6 heterocycles. The standard InChI is InChI=1S/C18H15N5O3.C18H13N5O2.CH4/c1-25-12-3-4-13-14(8-12)20-7-6-15(13)26-10-17-22-21-16-5-2-11(18(19)24)9-23(16)17;1-19-12-3-6-17-21-22-18(23(17)10-12)11-25-16-7-8-20-15-9-13(24-2)4-5-14(15)16;/h2-9H,10H2,1H3,(H2,19,24);3-10H,11H2,2H3;1H4. The van der Waals surface area contributed by atoms with Crippen molar-refractivity contribution in [3.63, 3.8) is 0 Å². The van der Waals surface area contributed by atoms with Gasteiger partial charge in [0.15, 0.2) is 22.9 Å². The molecule has 0 bridgehead atoms. The van der Waals surface area contributed by atoms with Gasteiger partial charge in [0.1, 0.15) is 36.2 Å². The summed E-state index contributed by atoms with van der Waals surface area (Å²) in [7, 11) is 3.23. The van der Waals surface area contributed by atoms with Crippen molar-refractivity contribution in [2.24, 2.45) is 5.73 Å². The quantitative estimate of drug-likeness (QED) is 0.175. The molecule has 2 N–H and O–H groups in total. The lowest BCUT2D eigenvalue weighted by Crippen LogP contribution is -2.12. The highest BCUT2D eigenvalue weighted by Crippen LogP contribution is 2.29. The van der Waals surface area contributed by atoms with Crippen molar-refractivity contribution in [2.75, 3.05) is 14.2 Å². The molecule has 0 aliphatic carbocycles. The molecule has 0 spiro atoms. The number of methoxy groups -OCH3 is 2. The minimum Gasteiger partial charge on any atom is -0.497 e. The van der Waals surface area contributed by atoms with Gasteiger partial charge in [0.25, 0.3) is 0 Å². The summed E-state index contributed by atoms with van der Waals surface area (Å²) < 4.78 is 25.8. The number of pyridine rings is 4. The lowest BCUT2D eigenvalue weighted by Gasteiger charge is -2.09. The molecule has 15 heteroatoms. The van der Waals surface area contributed by atoms with Crippen LogP contribution in [-0.2, 0) is 13.2 Å². The van der Waals surface area contributed by atoms with Gasteiger partial charge in [0, 0.05) is 47.7 Å². The van der Waals surface area contributed by atoms with Gasteiger partial charge in [-0.05, 0) is 54.6 Å². The zero-order chi connectivity index (χ0) is 35.3. The van der Waals surface area contributed by atoms with E-state index >= 15 is 0 Å². The maximum atomic E-state index is 11.4. The largest absolute Gasteiger partial charge is 0.497 e. The second kappa shape index (κ2) is 15.0. The number of aromatic nitrogens is 8. The molecule has 0 radical (unpaired) electrons. The van der Waals surface area contributed by atoms with Gasteiger partial charge in [-0.1, -0.05) is 13.5 Å². The van der Waals surface area contributed by atoms with Crippen LogP contribution in [0.25, 0.3) is 37.9 Å². The summed E-state index contributed by atoms with van der Waals surface area (Å²) in [5.41, 5.74) is 9.07. The highest BCUT2D eigenvalue weighted by Gasteiger charge is 2.12. The minimum atomic E-state index is -0.512. The van der Waals surface area contributed by atoms with E-state index in [9.17, 15) is 4.79 Å². The Kier molecular flexibility index (Phi) is 9.99. The molecule has 0 atom stereocenters. The van der Waals surface area contributed by atoms with Gasteiger partial charge in [0.2, 0.25) is 11.6 Å². The van der Waals surface area contributed by atoms with E-state index in [1.807, 2.05) is 42.5 Å². The van der Waals surface area contributed by atoms with Crippen molar-refractivity contribution in [2.45, 2.75) is 20.6 Å². The number of carbonyl (C=O) groups excluding carboxylic acids is 1. The molecule has 6 aromatic heterocycles. The molecule has 8 aromatic rings. The Morgan fingerprint density at radius 1 is 0.712 bits per heavy atom. The summed E-state index contributed by atoms with van der Waals surface area (Å²) in [4.78, 5) is 23.5. The number of hydrogen-bond acceptors (Lipinski definition) is 11. The van der Waals surface area contributed by atoms with Crippen LogP contribution in [0.15, 0.2) is 97.6 Å². The normalized spacial score (nSPS) is 10.6. The van der Waals surface area contributed by atoms with E-state index in [-0.39, 0.29) is 20.6 Å². The van der Waals surface area contributed by atoms with Crippen LogP contribution in [0.3, 0.4) is 0 Å². The number of primary amides is 1. The SMILES string of the molecule is C.COc1ccc2c(OCc3nnc4ccc(C(N)=O)cn34)ccnc2c1.[C-]#[N+]c1ccc2nnc(COc3ccnc4cc(OC)ccc34)n2c1. The summed E-state index contributed by atoms with van der Waals surface area (Å²) in [6.45, 7) is 7.53. The second-order valence-corrected chi connectivity index (χ2v) is 10.9. The van der Waals surface area contributed by atoms with Gasteiger partial charge in [-0.25, -0.2) is 4.85 Å². The molecular formula is C37H32N10O5. The Bertz CT molecular complexity index is 2600. The first-order chi connectivity index (χ1) is 24.9. The first-order valence-corrected chi connectivity index (χ1v) is 15.4. The number of benzene rings is 2. The summed E-state index contributed by atoms with van der Waals surface area (Å²) in [6, 6.07) is 21.6. The smallest absolute Gasteiger partial charge is 0.250 e. The third kappa shape index (κ3) is 7.03. The number of amides is 1. The topological polar surface area (TPSA) is 171 Å². The molecule has 0 aliphatic heterocycles. The minimum absolute atomic E-state index is 0. The molecule has 0 fully saturated rings.